The van der Waals surface area contributed by atoms with Gasteiger partial charge in [0.2, 0.25) is 5.60 Å². The van der Waals surface area contributed by atoms with Crippen molar-refractivity contribution in [1.82, 2.24) is 9.55 Å². The first-order valence-corrected chi connectivity index (χ1v) is 11.6. The molecule has 4 heterocycles. The number of fused-ring (bicyclic) bond motifs is 5. The number of carbonyl (C=O) groups is 3. The standard InChI is InChI=1S/C26H24N2O7/c1-3-15-16-10-14(30)7-8-20(16)27-23-17(15)12-28-21(23)11-19-18(24(28)32)13-34-25(33)26(19,4-2)35-22(31)6-5-9-29/h7-11,30H,3-6,12-13H2,1-2H3. The molecule has 3 aromatic rings. The van der Waals surface area contributed by atoms with Gasteiger partial charge in [-0.3, -0.25) is 9.59 Å². The fraction of sp³-hybridized carbons (Fsp3) is 0.346. The van der Waals surface area contributed by atoms with E-state index in [1.807, 2.05) is 6.92 Å². The first-order chi connectivity index (χ1) is 16.8. The van der Waals surface area contributed by atoms with E-state index < -0.39 is 17.5 Å². The van der Waals surface area contributed by atoms with Gasteiger partial charge in [0.05, 0.1) is 35.4 Å². The molecule has 180 valence electrons. The molecule has 9 nitrogen and oxygen atoms in total. The summed E-state index contributed by atoms with van der Waals surface area (Å²) in [7, 11) is 0. The molecule has 2 aliphatic heterocycles. The number of aromatic hydroxyl groups is 1. The molecule has 1 unspecified atom stereocenters. The number of phenols is 1. The predicted octanol–water partition coefficient (Wildman–Crippen LogP) is 2.88. The Morgan fingerprint density at radius 1 is 1.26 bits per heavy atom. The maximum atomic E-state index is 13.6. The molecule has 5 rings (SSSR count). The van der Waals surface area contributed by atoms with Gasteiger partial charge in [-0.05, 0) is 42.7 Å². The van der Waals surface area contributed by atoms with Crippen LogP contribution in [0.15, 0.2) is 29.1 Å². The van der Waals surface area contributed by atoms with Crippen LogP contribution in [0, 0.1) is 0 Å². The maximum absolute atomic E-state index is 13.6. The lowest BCUT2D eigenvalue weighted by molar-refractivity contribution is -0.189. The average molecular weight is 476 g/mol. The highest BCUT2D eigenvalue weighted by atomic mass is 16.6. The quantitative estimate of drug-likeness (QED) is 0.333. The summed E-state index contributed by atoms with van der Waals surface area (Å²) in [4.78, 5) is 54.5. The topological polar surface area (TPSA) is 125 Å². The van der Waals surface area contributed by atoms with Gasteiger partial charge >= 0.3 is 11.9 Å². The van der Waals surface area contributed by atoms with Crippen LogP contribution in [0.25, 0.3) is 22.3 Å². The number of benzene rings is 1. The largest absolute Gasteiger partial charge is 0.508 e. The lowest BCUT2D eigenvalue weighted by Crippen LogP contribution is -2.47. The van der Waals surface area contributed by atoms with Crippen LogP contribution >= 0.6 is 0 Å². The van der Waals surface area contributed by atoms with E-state index in [1.54, 1.807) is 35.8 Å². The normalized spacial score (nSPS) is 17.9. The van der Waals surface area contributed by atoms with E-state index in [-0.39, 0.29) is 42.7 Å². The highest BCUT2D eigenvalue weighted by Gasteiger charge is 2.50. The van der Waals surface area contributed by atoms with Crippen molar-refractivity contribution in [3.63, 3.8) is 0 Å². The molecule has 0 radical (unpaired) electrons. The molecule has 9 heteroatoms. The summed E-state index contributed by atoms with van der Waals surface area (Å²) in [5.74, 6) is -1.33. The third-order valence-electron chi connectivity index (χ3n) is 6.86. The van der Waals surface area contributed by atoms with Crippen LogP contribution in [0.2, 0.25) is 0 Å². The monoisotopic (exact) mass is 476 g/mol. The molecule has 0 fully saturated rings. The van der Waals surface area contributed by atoms with Gasteiger partial charge in [0.25, 0.3) is 5.56 Å². The number of carbonyl (C=O) groups excluding carboxylic acids is 3. The van der Waals surface area contributed by atoms with Crippen LogP contribution in [-0.4, -0.2) is 32.9 Å². The summed E-state index contributed by atoms with van der Waals surface area (Å²) in [5.41, 5.74) is 2.13. The second kappa shape index (κ2) is 8.33. The van der Waals surface area contributed by atoms with Gasteiger partial charge in [-0.15, -0.1) is 0 Å². The molecule has 2 aromatic heterocycles. The molecule has 0 saturated heterocycles. The molecular weight excluding hydrogens is 452 g/mol. The Morgan fingerprint density at radius 2 is 2.06 bits per heavy atom. The first kappa shape index (κ1) is 22.8. The van der Waals surface area contributed by atoms with Crippen LogP contribution < -0.4 is 5.56 Å². The number of ether oxygens (including phenoxy) is 2. The van der Waals surface area contributed by atoms with Gasteiger partial charge in [0.1, 0.15) is 18.6 Å². The summed E-state index contributed by atoms with van der Waals surface area (Å²) in [5, 5.41) is 10.8. The number of rotatable bonds is 6. The Balaban J connectivity index is 1.73. The zero-order valence-electron chi connectivity index (χ0n) is 19.4. The van der Waals surface area contributed by atoms with E-state index in [4.69, 9.17) is 14.5 Å². The van der Waals surface area contributed by atoms with Gasteiger partial charge in [-0.2, -0.15) is 0 Å². The third kappa shape index (κ3) is 3.33. The minimum Gasteiger partial charge on any atom is -0.508 e. The van der Waals surface area contributed by atoms with Gasteiger partial charge < -0.3 is 23.9 Å². The van der Waals surface area contributed by atoms with E-state index in [9.17, 15) is 24.3 Å². The fourth-order valence-corrected chi connectivity index (χ4v) is 5.13. The number of nitrogens with zero attached hydrogens (tertiary/aromatic N) is 2. The number of hydrogen-bond donors (Lipinski definition) is 1. The van der Waals surface area contributed by atoms with Gasteiger partial charge in [-0.25, -0.2) is 9.78 Å². The Morgan fingerprint density at radius 3 is 2.77 bits per heavy atom. The van der Waals surface area contributed by atoms with Crippen molar-refractivity contribution in [2.75, 3.05) is 0 Å². The number of aromatic nitrogens is 2. The molecule has 1 N–H and O–H groups in total. The Labute approximate surface area is 200 Å². The van der Waals surface area contributed by atoms with Crippen molar-refractivity contribution in [1.29, 1.82) is 0 Å². The van der Waals surface area contributed by atoms with Crippen molar-refractivity contribution >= 4 is 29.1 Å². The van der Waals surface area contributed by atoms with Crippen molar-refractivity contribution < 1.29 is 29.0 Å². The molecule has 0 aliphatic carbocycles. The number of pyridine rings is 2. The maximum Gasteiger partial charge on any atom is 0.355 e. The second-order valence-electron chi connectivity index (χ2n) is 8.72. The second-order valence-corrected chi connectivity index (χ2v) is 8.72. The van der Waals surface area contributed by atoms with Gasteiger partial charge in [0, 0.05) is 22.9 Å². The zero-order chi connectivity index (χ0) is 24.9. The number of aldehydes is 1. The molecule has 1 aromatic carbocycles. The van der Waals surface area contributed by atoms with Gasteiger partial charge in [-0.1, -0.05) is 13.8 Å². The number of esters is 2. The summed E-state index contributed by atoms with van der Waals surface area (Å²) in [6.07, 6.45) is 1.12. The van der Waals surface area contributed by atoms with Crippen LogP contribution in [0.1, 0.15) is 55.4 Å². The number of hydrogen-bond acceptors (Lipinski definition) is 8. The van der Waals surface area contributed by atoms with Crippen LogP contribution in [0.3, 0.4) is 0 Å². The minimum absolute atomic E-state index is 0.0346. The van der Waals surface area contributed by atoms with Crippen molar-refractivity contribution in [3.8, 4) is 17.1 Å². The Kier molecular flexibility index (Phi) is 5.42. The molecule has 2 aliphatic rings. The molecular formula is C26H24N2O7. The van der Waals surface area contributed by atoms with E-state index in [0.29, 0.717) is 41.7 Å². The average Bonchev–Trinajstić information content (AvgIpc) is 3.21. The van der Waals surface area contributed by atoms with Crippen molar-refractivity contribution in [2.24, 2.45) is 0 Å². The summed E-state index contributed by atoms with van der Waals surface area (Å²) in [6.45, 7) is 3.75. The van der Waals surface area contributed by atoms with Crippen LogP contribution in [-0.2, 0) is 49.0 Å². The number of aryl methyl sites for hydroxylation is 1. The molecule has 0 bridgehead atoms. The smallest absolute Gasteiger partial charge is 0.355 e. The SMILES string of the molecule is CCc1c2c(nc3ccc(O)cc13)-c1cc3c(c(=O)n1C2)COC(=O)C3(CC)OC(=O)CCC=O. The summed E-state index contributed by atoms with van der Waals surface area (Å²) >= 11 is 0. The minimum atomic E-state index is -1.78. The molecule has 35 heavy (non-hydrogen) atoms. The highest BCUT2D eigenvalue weighted by Crippen LogP contribution is 2.42. The van der Waals surface area contributed by atoms with Crippen LogP contribution in [0.4, 0.5) is 0 Å². The van der Waals surface area contributed by atoms with E-state index in [2.05, 4.69) is 0 Å². The molecule has 0 saturated carbocycles. The van der Waals surface area contributed by atoms with Crippen LogP contribution in [0.5, 0.6) is 5.75 Å². The highest BCUT2D eigenvalue weighted by molar-refractivity contribution is 5.90. The number of phenolic OH excluding ortho intramolecular Hbond substituents is 1. The fourth-order valence-electron chi connectivity index (χ4n) is 5.13. The Hall–Kier alpha value is -4.01. The lowest BCUT2D eigenvalue weighted by Gasteiger charge is -2.35. The molecule has 0 amide bonds. The molecule has 0 spiro atoms. The number of cyclic esters (lactones) is 1. The molecule has 1 atom stereocenters. The zero-order valence-corrected chi connectivity index (χ0v) is 19.4. The summed E-state index contributed by atoms with van der Waals surface area (Å²) in [6, 6.07) is 6.67. The van der Waals surface area contributed by atoms with E-state index in [1.165, 1.54) is 0 Å². The summed E-state index contributed by atoms with van der Waals surface area (Å²) < 4.78 is 12.5. The van der Waals surface area contributed by atoms with E-state index >= 15 is 0 Å². The lowest BCUT2D eigenvalue weighted by atomic mass is 9.85. The van der Waals surface area contributed by atoms with Crippen molar-refractivity contribution in [3.05, 3.63) is 56.9 Å². The van der Waals surface area contributed by atoms with Crippen molar-refractivity contribution in [2.45, 2.75) is 58.3 Å². The van der Waals surface area contributed by atoms with E-state index in [0.717, 1.165) is 16.5 Å². The predicted molar refractivity (Wildman–Crippen MR) is 125 cm³/mol. The Bertz CT molecular complexity index is 1470. The van der Waals surface area contributed by atoms with Gasteiger partial charge in [0.15, 0.2) is 0 Å². The third-order valence-corrected chi connectivity index (χ3v) is 6.86. The first-order valence-electron chi connectivity index (χ1n) is 11.6.